The first-order valence-electron chi connectivity index (χ1n) is 8.79. The van der Waals surface area contributed by atoms with Gasteiger partial charge in [-0.15, -0.1) is 0 Å². The van der Waals surface area contributed by atoms with Crippen LogP contribution >= 0.6 is 0 Å². The summed E-state index contributed by atoms with van der Waals surface area (Å²) in [5, 5.41) is 2.71. The Morgan fingerprint density at radius 1 is 1.07 bits per heavy atom. The predicted molar refractivity (Wildman–Crippen MR) is 109 cm³/mol. The molecule has 2 rings (SSSR count). The molecule has 0 heterocycles. The Morgan fingerprint density at radius 2 is 1.76 bits per heavy atom. The van der Waals surface area contributed by atoms with Crippen LogP contribution in [-0.2, 0) is 19.6 Å². The number of rotatable bonds is 7. The smallest absolute Gasteiger partial charge is 0.338 e. The summed E-state index contributed by atoms with van der Waals surface area (Å²) in [5.41, 5.74) is 2.54. The Labute approximate surface area is 170 Å². The minimum atomic E-state index is -3.85. The lowest BCUT2D eigenvalue weighted by molar-refractivity contribution is -0.123. The molecular formula is C20H24N2O6S. The van der Waals surface area contributed by atoms with Crippen molar-refractivity contribution in [2.45, 2.75) is 31.8 Å². The van der Waals surface area contributed by atoms with Gasteiger partial charge in [-0.25, -0.2) is 17.9 Å². The molecule has 0 radical (unpaired) electrons. The number of anilines is 1. The van der Waals surface area contributed by atoms with Gasteiger partial charge in [0.25, 0.3) is 5.91 Å². The van der Waals surface area contributed by atoms with Gasteiger partial charge in [-0.05, 0) is 57.6 Å². The van der Waals surface area contributed by atoms with Crippen molar-refractivity contribution in [1.29, 1.82) is 0 Å². The van der Waals surface area contributed by atoms with E-state index in [1.165, 1.54) is 33.2 Å². The lowest BCUT2D eigenvalue weighted by Gasteiger charge is -2.16. The second-order valence-corrected chi connectivity index (χ2v) is 8.28. The van der Waals surface area contributed by atoms with Gasteiger partial charge in [0.05, 0.1) is 12.7 Å². The molecule has 0 fully saturated rings. The molecular weight excluding hydrogens is 396 g/mol. The first-order chi connectivity index (χ1) is 13.6. The third-order valence-corrected chi connectivity index (χ3v) is 5.69. The molecule has 2 aromatic carbocycles. The third-order valence-electron chi connectivity index (χ3n) is 4.25. The van der Waals surface area contributed by atoms with Crippen LogP contribution in [-0.4, -0.2) is 40.6 Å². The van der Waals surface area contributed by atoms with Crippen molar-refractivity contribution in [3.63, 3.8) is 0 Å². The maximum absolute atomic E-state index is 12.4. The number of hydrogen-bond donors (Lipinski definition) is 2. The molecule has 0 unspecified atom stereocenters. The summed E-state index contributed by atoms with van der Waals surface area (Å²) < 4.78 is 36.7. The standard InChI is InChI=1S/C20H24N2O6S/c1-12-6-8-16(13(2)10-12)22-19(23)14(3)28-20(24)15-7-9-17(27-5)18(11-15)29(25,26)21-4/h6-11,14,21H,1-5H3,(H,22,23)/t14-/m0/s1. The zero-order valence-electron chi connectivity index (χ0n) is 16.9. The average Bonchev–Trinajstić information content (AvgIpc) is 2.69. The number of hydrogen-bond acceptors (Lipinski definition) is 6. The molecule has 0 aliphatic carbocycles. The Balaban J connectivity index is 2.16. The number of ether oxygens (including phenoxy) is 2. The number of amides is 1. The number of nitrogens with one attached hydrogen (secondary N) is 2. The van der Waals surface area contributed by atoms with E-state index in [4.69, 9.17) is 9.47 Å². The van der Waals surface area contributed by atoms with Crippen LogP contribution in [0.3, 0.4) is 0 Å². The molecule has 0 bridgehead atoms. The molecule has 2 aromatic rings. The molecule has 0 aliphatic rings. The molecule has 0 aromatic heterocycles. The number of methoxy groups -OCH3 is 1. The fraction of sp³-hybridized carbons (Fsp3) is 0.300. The average molecular weight is 420 g/mol. The van der Waals surface area contributed by atoms with Crippen LogP contribution in [0.15, 0.2) is 41.3 Å². The quantitative estimate of drug-likeness (QED) is 0.666. The number of esters is 1. The first-order valence-corrected chi connectivity index (χ1v) is 10.3. The van der Waals surface area contributed by atoms with Gasteiger partial charge >= 0.3 is 5.97 Å². The summed E-state index contributed by atoms with van der Waals surface area (Å²) in [6.07, 6.45) is -1.09. The Hall–Kier alpha value is -2.91. The van der Waals surface area contributed by atoms with Crippen molar-refractivity contribution >= 4 is 27.6 Å². The van der Waals surface area contributed by atoms with Crippen molar-refractivity contribution in [2.24, 2.45) is 0 Å². The van der Waals surface area contributed by atoms with E-state index in [1.54, 1.807) is 6.07 Å². The van der Waals surface area contributed by atoms with E-state index >= 15 is 0 Å². The third kappa shape index (κ3) is 5.33. The summed E-state index contributed by atoms with van der Waals surface area (Å²) in [6, 6.07) is 9.41. The minimum absolute atomic E-state index is 0.0224. The lowest BCUT2D eigenvalue weighted by atomic mass is 10.1. The summed E-state index contributed by atoms with van der Waals surface area (Å²) in [4.78, 5) is 24.6. The Bertz CT molecular complexity index is 1030. The molecule has 9 heteroatoms. The largest absolute Gasteiger partial charge is 0.495 e. The lowest BCUT2D eigenvalue weighted by Crippen LogP contribution is -2.30. The second kappa shape index (κ2) is 9.06. The van der Waals surface area contributed by atoms with E-state index in [9.17, 15) is 18.0 Å². The Kier molecular flexibility index (Phi) is 6.99. The summed E-state index contributed by atoms with van der Waals surface area (Å²) in [5.74, 6) is -1.25. The number of benzene rings is 2. The van der Waals surface area contributed by atoms with Crippen LogP contribution < -0.4 is 14.8 Å². The monoisotopic (exact) mass is 420 g/mol. The van der Waals surface area contributed by atoms with Crippen LogP contribution in [0.4, 0.5) is 5.69 Å². The zero-order valence-corrected chi connectivity index (χ0v) is 17.7. The molecule has 1 atom stereocenters. The molecule has 1 amide bonds. The molecule has 2 N–H and O–H groups in total. The highest BCUT2D eigenvalue weighted by atomic mass is 32.2. The van der Waals surface area contributed by atoms with Gasteiger partial charge in [0.15, 0.2) is 6.10 Å². The number of sulfonamides is 1. The molecule has 0 spiro atoms. The van der Waals surface area contributed by atoms with Crippen molar-refractivity contribution in [2.75, 3.05) is 19.5 Å². The number of aryl methyl sites for hydroxylation is 2. The summed E-state index contributed by atoms with van der Waals surface area (Å²) in [7, 11) is -1.28. The highest BCUT2D eigenvalue weighted by molar-refractivity contribution is 7.89. The van der Waals surface area contributed by atoms with E-state index in [2.05, 4.69) is 10.0 Å². The van der Waals surface area contributed by atoms with Crippen LogP contribution in [0, 0.1) is 13.8 Å². The maximum atomic E-state index is 12.4. The normalized spacial score (nSPS) is 12.2. The van der Waals surface area contributed by atoms with E-state index in [-0.39, 0.29) is 16.2 Å². The van der Waals surface area contributed by atoms with Gasteiger partial charge in [0, 0.05) is 5.69 Å². The molecule has 0 aliphatic heterocycles. The van der Waals surface area contributed by atoms with Gasteiger partial charge < -0.3 is 14.8 Å². The summed E-state index contributed by atoms with van der Waals surface area (Å²) >= 11 is 0. The molecule has 156 valence electrons. The molecule has 0 saturated heterocycles. The van der Waals surface area contributed by atoms with Crippen molar-refractivity contribution in [1.82, 2.24) is 4.72 Å². The highest BCUT2D eigenvalue weighted by Gasteiger charge is 2.23. The Morgan fingerprint density at radius 3 is 2.34 bits per heavy atom. The van der Waals surface area contributed by atoms with Gasteiger partial charge in [0.1, 0.15) is 10.6 Å². The number of carbonyl (C=O) groups excluding carboxylic acids is 2. The van der Waals surface area contributed by atoms with Crippen molar-refractivity contribution < 1.29 is 27.5 Å². The van der Waals surface area contributed by atoms with Crippen LogP contribution in [0.5, 0.6) is 5.75 Å². The maximum Gasteiger partial charge on any atom is 0.338 e. The first kappa shape index (κ1) is 22.4. The van der Waals surface area contributed by atoms with Crippen LogP contribution in [0.1, 0.15) is 28.4 Å². The fourth-order valence-electron chi connectivity index (χ4n) is 2.59. The predicted octanol–water partition coefficient (Wildman–Crippen LogP) is 2.40. The molecule has 0 saturated carbocycles. The van der Waals surface area contributed by atoms with Crippen LogP contribution in [0.25, 0.3) is 0 Å². The molecule has 8 nitrogen and oxygen atoms in total. The topological polar surface area (TPSA) is 111 Å². The molecule has 29 heavy (non-hydrogen) atoms. The van der Waals surface area contributed by atoms with Gasteiger partial charge in [0.2, 0.25) is 10.0 Å². The van der Waals surface area contributed by atoms with Gasteiger partial charge in [-0.1, -0.05) is 17.7 Å². The van der Waals surface area contributed by atoms with E-state index in [1.807, 2.05) is 26.0 Å². The summed E-state index contributed by atoms with van der Waals surface area (Å²) in [6.45, 7) is 5.24. The van der Waals surface area contributed by atoms with Crippen LogP contribution in [0.2, 0.25) is 0 Å². The fourth-order valence-corrected chi connectivity index (χ4v) is 3.51. The van der Waals surface area contributed by atoms with E-state index < -0.39 is 28.0 Å². The van der Waals surface area contributed by atoms with E-state index in [0.717, 1.165) is 17.2 Å². The van der Waals surface area contributed by atoms with Gasteiger partial charge in [-0.3, -0.25) is 4.79 Å². The zero-order chi connectivity index (χ0) is 21.8. The van der Waals surface area contributed by atoms with Gasteiger partial charge in [-0.2, -0.15) is 0 Å². The highest BCUT2D eigenvalue weighted by Crippen LogP contribution is 2.25. The van der Waals surface area contributed by atoms with E-state index in [0.29, 0.717) is 5.69 Å². The second-order valence-electron chi connectivity index (χ2n) is 6.43. The minimum Gasteiger partial charge on any atom is -0.495 e. The number of carbonyl (C=O) groups is 2. The SMILES string of the molecule is CNS(=O)(=O)c1cc(C(=O)O[C@@H](C)C(=O)Nc2ccc(C)cc2C)ccc1OC. The van der Waals surface area contributed by atoms with Crippen molar-refractivity contribution in [3.8, 4) is 5.75 Å². The van der Waals surface area contributed by atoms with Crippen molar-refractivity contribution in [3.05, 3.63) is 53.1 Å².